The Morgan fingerprint density at radius 2 is 2.28 bits per heavy atom. The standard InChI is InChI=1S/C9H7F3N4OS/c1-2-3-13-7-15-16-6(17)4-5(9(10,11)12)14-8(16)18-7/h2,4H,1,3H2,(H,13,15). The molecule has 0 fully saturated rings. The van der Waals surface area contributed by atoms with Crippen molar-refractivity contribution in [2.45, 2.75) is 6.18 Å². The minimum absolute atomic E-state index is 0.110. The Labute approximate surface area is 103 Å². The Kier molecular flexibility index (Phi) is 3.07. The molecule has 18 heavy (non-hydrogen) atoms. The molecule has 2 heterocycles. The van der Waals surface area contributed by atoms with Gasteiger partial charge in [-0.3, -0.25) is 4.79 Å². The Bertz CT molecular complexity index is 645. The Balaban J connectivity index is 2.52. The summed E-state index contributed by atoms with van der Waals surface area (Å²) in [5, 5.41) is 6.89. The average molecular weight is 276 g/mol. The zero-order chi connectivity index (χ0) is 13.3. The lowest BCUT2D eigenvalue weighted by Crippen LogP contribution is -2.19. The van der Waals surface area contributed by atoms with Gasteiger partial charge in [-0.05, 0) is 0 Å². The van der Waals surface area contributed by atoms with Gasteiger partial charge >= 0.3 is 6.18 Å². The van der Waals surface area contributed by atoms with E-state index in [2.05, 4.69) is 22.0 Å². The van der Waals surface area contributed by atoms with Gasteiger partial charge in [0.15, 0.2) is 5.69 Å². The van der Waals surface area contributed by atoms with Crippen LogP contribution < -0.4 is 10.9 Å². The average Bonchev–Trinajstić information content (AvgIpc) is 2.68. The van der Waals surface area contributed by atoms with Crippen LogP contribution in [-0.4, -0.2) is 21.1 Å². The second-order valence-corrected chi connectivity index (χ2v) is 4.20. The number of alkyl halides is 3. The van der Waals surface area contributed by atoms with Crippen molar-refractivity contribution in [2.75, 3.05) is 11.9 Å². The lowest BCUT2D eigenvalue weighted by molar-refractivity contribution is -0.141. The van der Waals surface area contributed by atoms with Gasteiger partial charge in [-0.15, -0.1) is 11.7 Å². The van der Waals surface area contributed by atoms with Crippen molar-refractivity contribution >= 4 is 21.4 Å². The molecular weight excluding hydrogens is 269 g/mol. The van der Waals surface area contributed by atoms with Crippen molar-refractivity contribution < 1.29 is 13.2 Å². The van der Waals surface area contributed by atoms with Crippen LogP contribution in [0.25, 0.3) is 4.96 Å². The lowest BCUT2D eigenvalue weighted by atomic mass is 10.4. The summed E-state index contributed by atoms with van der Waals surface area (Å²) in [6, 6.07) is 0.421. The molecule has 0 saturated carbocycles. The molecule has 2 rings (SSSR count). The molecule has 0 bridgehead atoms. The third-order valence-electron chi connectivity index (χ3n) is 1.93. The van der Waals surface area contributed by atoms with E-state index < -0.39 is 17.4 Å². The summed E-state index contributed by atoms with van der Waals surface area (Å²) in [6.07, 6.45) is -3.09. The summed E-state index contributed by atoms with van der Waals surface area (Å²) in [5.41, 5.74) is -2.08. The first-order valence-corrected chi connectivity index (χ1v) is 5.56. The Hall–Kier alpha value is -1.90. The van der Waals surface area contributed by atoms with Gasteiger partial charge < -0.3 is 5.32 Å². The largest absolute Gasteiger partial charge is 0.433 e. The highest BCUT2D eigenvalue weighted by molar-refractivity contribution is 7.20. The first-order chi connectivity index (χ1) is 8.41. The molecule has 0 spiro atoms. The molecule has 0 aliphatic heterocycles. The first kappa shape index (κ1) is 12.6. The van der Waals surface area contributed by atoms with Crippen LogP contribution in [0, 0.1) is 0 Å². The van der Waals surface area contributed by atoms with Crippen LogP contribution in [0.1, 0.15) is 5.69 Å². The molecule has 0 aliphatic rings. The van der Waals surface area contributed by atoms with Crippen LogP contribution in [-0.2, 0) is 6.18 Å². The third kappa shape index (κ3) is 2.35. The SMILES string of the molecule is C=CCNc1nn2c(=O)cc(C(F)(F)F)nc2s1. The fourth-order valence-electron chi connectivity index (χ4n) is 1.19. The van der Waals surface area contributed by atoms with Crippen LogP contribution in [0.3, 0.4) is 0 Å². The molecule has 2 aromatic rings. The van der Waals surface area contributed by atoms with Crippen molar-refractivity contribution in [2.24, 2.45) is 0 Å². The maximum atomic E-state index is 12.4. The first-order valence-electron chi connectivity index (χ1n) is 4.74. The zero-order valence-corrected chi connectivity index (χ0v) is 9.68. The van der Waals surface area contributed by atoms with Crippen LogP contribution >= 0.6 is 11.3 Å². The van der Waals surface area contributed by atoms with Crippen molar-refractivity contribution in [1.29, 1.82) is 0 Å². The molecule has 0 radical (unpaired) electrons. The molecule has 5 nitrogen and oxygen atoms in total. The number of fused-ring (bicyclic) bond motifs is 1. The predicted molar refractivity (Wildman–Crippen MR) is 60.8 cm³/mol. The Morgan fingerprint density at radius 3 is 2.89 bits per heavy atom. The molecule has 2 aromatic heterocycles. The maximum Gasteiger partial charge on any atom is 0.433 e. The minimum Gasteiger partial charge on any atom is -0.357 e. The van der Waals surface area contributed by atoms with Gasteiger partial charge in [0, 0.05) is 12.6 Å². The molecule has 9 heteroatoms. The van der Waals surface area contributed by atoms with Crippen LogP contribution in [0.15, 0.2) is 23.5 Å². The van der Waals surface area contributed by atoms with Crippen molar-refractivity contribution in [3.8, 4) is 0 Å². The summed E-state index contributed by atoms with van der Waals surface area (Å²) in [6.45, 7) is 3.86. The second-order valence-electron chi connectivity index (χ2n) is 3.25. The van der Waals surface area contributed by atoms with Gasteiger partial charge in [0.25, 0.3) is 5.56 Å². The summed E-state index contributed by atoms with van der Waals surface area (Å²) >= 11 is 0.864. The molecule has 0 saturated heterocycles. The van der Waals surface area contributed by atoms with Gasteiger partial charge in [-0.2, -0.15) is 17.7 Å². The maximum absolute atomic E-state index is 12.4. The van der Waals surface area contributed by atoms with E-state index in [4.69, 9.17) is 0 Å². The highest BCUT2D eigenvalue weighted by Crippen LogP contribution is 2.27. The van der Waals surface area contributed by atoms with Crippen LogP contribution in [0.2, 0.25) is 0 Å². The molecule has 1 N–H and O–H groups in total. The highest BCUT2D eigenvalue weighted by Gasteiger charge is 2.33. The number of aromatic nitrogens is 3. The van der Waals surface area contributed by atoms with E-state index in [0.29, 0.717) is 17.7 Å². The molecular formula is C9H7F3N4OS. The van der Waals surface area contributed by atoms with Gasteiger partial charge in [-0.25, -0.2) is 4.98 Å². The molecule has 0 unspecified atom stereocenters. The second kappa shape index (κ2) is 4.41. The summed E-state index contributed by atoms with van der Waals surface area (Å²) < 4.78 is 38.2. The molecule has 96 valence electrons. The van der Waals surface area contributed by atoms with Crippen molar-refractivity contribution in [1.82, 2.24) is 14.6 Å². The molecule has 0 amide bonds. The Morgan fingerprint density at radius 1 is 1.56 bits per heavy atom. The summed E-state index contributed by atoms with van der Waals surface area (Å²) in [4.78, 5) is 14.7. The molecule has 0 aliphatic carbocycles. The summed E-state index contributed by atoms with van der Waals surface area (Å²) in [7, 11) is 0. The van der Waals surface area contributed by atoms with E-state index >= 15 is 0 Å². The number of rotatable bonds is 3. The number of halogens is 3. The van der Waals surface area contributed by atoms with E-state index in [9.17, 15) is 18.0 Å². The number of nitrogens with zero attached hydrogens (tertiary/aromatic N) is 3. The van der Waals surface area contributed by atoms with Gasteiger partial charge in [0.05, 0.1) is 0 Å². The van der Waals surface area contributed by atoms with E-state index in [1.54, 1.807) is 6.08 Å². The number of anilines is 1. The molecule has 0 aromatic carbocycles. The number of hydrogen-bond donors (Lipinski definition) is 1. The zero-order valence-electron chi connectivity index (χ0n) is 8.86. The van der Waals surface area contributed by atoms with E-state index in [0.717, 1.165) is 15.9 Å². The highest BCUT2D eigenvalue weighted by atomic mass is 32.1. The fourth-order valence-corrected chi connectivity index (χ4v) is 2.00. The van der Waals surface area contributed by atoms with Crippen LogP contribution in [0.5, 0.6) is 0 Å². The third-order valence-corrected chi connectivity index (χ3v) is 2.80. The summed E-state index contributed by atoms with van der Waals surface area (Å²) in [5.74, 6) is 0. The van der Waals surface area contributed by atoms with Crippen LogP contribution in [0.4, 0.5) is 18.3 Å². The number of nitrogens with one attached hydrogen (secondary N) is 1. The lowest BCUT2D eigenvalue weighted by Gasteiger charge is -2.03. The topological polar surface area (TPSA) is 59.3 Å². The van der Waals surface area contributed by atoms with Gasteiger partial charge in [0.1, 0.15) is 0 Å². The monoisotopic (exact) mass is 276 g/mol. The van der Waals surface area contributed by atoms with E-state index in [-0.39, 0.29) is 4.96 Å². The van der Waals surface area contributed by atoms with Crippen molar-refractivity contribution in [3.05, 3.63) is 34.8 Å². The normalized spacial score (nSPS) is 11.7. The minimum atomic E-state index is -4.65. The van der Waals surface area contributed by atoms with Gasteiger partial charge in [-0.1, -0.05) is 17.4 Å². The smallest absolute Gasteiger partial charge is 0.357 e. The van der Waals surface area contributed by atoms with E-state index in [1.165, 1.54) is 0 Å². The van der Waals surface area contributed by atoms with Gasteiger partial charge in [0.2, 0.25) is 10.1 Å². The molecule has 0 atom stereocenters. The fraction of sp³-hybridized carbons (Fsp3) is 0.222. The predicted octanol–water partition coefficient (Wildman–Crippen LogP) is 1.77. The van der Waals surface area contributed by atoms with Crippen molar-refractivity contribution in [3.63, 3.8) is 0 Å². The van der Waals surface area contributed by atoms with E-state index in [1.807, 2.05) is 0 Å². The number of hydrogen-bond acceptors (Lipinski definition) is 5. The quantitative estimate of drug-likeness (QED) is 0.868.